The van der Waals surface area contributed by atoms with E-state index in [1.807, 2.05) is 47.7 Å². The molecule has 138 valence electrons. The van der Waals surface area contributed by atoms with E-state index in [9.17, 15) is 0 Å². The number of ether oxygens (including phenoxy) is 1. The van der Waals surface area contributed by atoms with Crippen molar-refractivity contribution in [2.24, 2.45) is 4.99 Å². The van der Waals surface area contributed by atoms with E-state index in [0.717, 1.165) is 17.1 Å². The molecular weight excluding hydrogens is 370 g/mol. The van der Waals surface area contributed by atoms with Gasteiger partial charge in [0.05, 0.1) is 11.9 Å². The van der Waals surface area contributed by atoms with Crippen LogP contribution in [0, 0.1) is 0 Å². The minimum atomic E-state index is -0.693. The van der Waals surface area contributed by atoms with Crippen molar-refractivity contribution >= 4 is 29.7 Å². The molecule has 27 heavy (non-hydrogen) atoms. The van der Waals surface area contributed by atoms with Crippen molar-refractivity contribution in [2.45, 2.75) is 25.6 Å². The van der Waals surface area contributed by atoms with E-state index < -0.39 is 5.60 Å². The third-order valence-electron chi connectivity index (χ3n) is 4.82. The summed E-state index contributed by atoms with van der Waals surface area (Å²) < 4.78 is 12.7. The van der Waals surface area contributed by atoms with Crippen molar-refractivity contribution in [3.63, 3.8) is 0 Å². The van der Waals surface area contributed by atoms with E-state index in [1.165, 1.54) is 0 Å². The summed E-state index contributed by atoms with van der Waals surface area (Å²) in [5.41, 5.74) is 1.26. The molecule has 0 N–H and O–H groups in total. The quantitative estimate of drug-likeness (QED) is 0.684. The van der Waals surface area contributed by atoms with Crippen molar-refractivity contribution in [1.29, 1.82) is 0 Å². The Bertz CT molecular complexity index is 1060. The van der Waals surface area contributed by atoms with Crippen molar-refractivity contribution in [1.82, 2.24) is 19.7 Å². The zero-order valence-corrected chi connectivity index (χ0v) is 15.6. The van der Waals surface area contributed by atoms with Crippen LogP contribution in [0.25, 0.3) is 5.69 Å². The Labute approximate surface area is 159 Å². The van der Waals surface area contributed by atoms with E-state index in [4.69, 9.17) is 20.9 Å². The molecule has 3 aromatic rings. The number of imidazole rings is 1. The van der Waals surface area contributed by atoms with Gasteiger partial charge >= 0.3 is 0 Å². The molecule has 0 radical (unpaired) electrons. The second-order valence-electron chi connectivity index (χ2n) is 6.72. The fourth-order valence-corrected chi connectivity index (χ4v) is 3.44. The number of anilines is 2. The van der Waals surface area contributed by atoms with Gasteiger partial charge in [-0.3, -0.25) is 4.57 Å². The number of benzene rings is 1. The Morgan fingerprint density at radius 3 is 2.89 bits per heavy atom. The van der Waals surface area contributed by atoms with Gasteiger partial charge in [-0.05, 0) is 36.7 Å². The first kappa shape index (κ1) is 16.3. The Morgan fingerprint density at radius 2 is 2.07 bits per heavy atom. The smallest absolute Gasteiger partial charge is 0.290 e. The highest BCUT2D eigenvalue weighted by atomic mass is 35.5. The van der Waals surface area contributed by atoms with Crippen molar-refractivity contribution in [3.05, 3.63) is 47.2 Å². The van der Waals surface area contributed by atoms with E-state index in [2.05, 4.69) is 20.1 Å². The van der Waals surface area contributed by atoms with Gasteiger partial charge in [0.2, 0.25) is 5.28 Å². The van der Waals surface area contributed by atoms with Crippen molar-refractivity contribution in [2.75, 3.05) is 17.1 Å². The van der Waals surface area contributed by atoms with Crippen LogP contribution in [-0.2, 0) is 10.3 Å². The van der Waals surface area contributed by atoms with Crippen LogP contribution in [0.3, 0.4) is 0 Å². The summed E-state index contributed by atoms with van der Waals surface area (Å²) in [5.74, 6) is 1.49. The first-order chi connectivity index (χ1) is 13.0. The van der Waals surface area contributed by atoms with Crippen LogP contribution in [-0.4, -0.2) is 33.1 Å². The van der Waals surface area contributed by atoms with Crippen LogP contribution in [0.15, 0.2) is 40.0 Å². The number of nitrogens with zero attached hydrogens (tertiary/aromatic N) is 7. The number of hydrogen-bond donors (Lipinski definition) is 0. The van der Waals surface area contributed by atoms with E-state index in [0.29, 0.717) is 17.1 Å². The molecule has 0 fully saturated rings. The summed E-state index contributed by atoms with van der Waals surface area (Å²) in [6.07, 6.45) is 3.11. The van der Waals surface area contributed by atoms with Gasteiger partial charge in [-0.2, -0.15) is 4.98 Å². The Balaban J connectivity index is 1.61. The fraction of sp³-hybridized carbons (Fsp3) is 0.294. The number of aromatic nitrogens is 4. The predicted molar refractivity (Wildman–Crippen MR) is 99.1 cm³/mol. The van der Waals surface area contributed by atoms with Crippen LogP contribution in [0.2, 0.25) is 5.28 Å². The van der Waals surface area contributed by atoms with Gasteiger partial charge in [-0.25, -0.2) is 20.0 Å². The number of hydrogen-bond acceptors (Lipinski definition) is 8. The molecule has 2 aliphatic rings. The van der Waals surface area contributed by atoms with E-state index in [1.54, 1.807) is 24.7 Å². The highest BCUT2D eigenvalue weighted by molar-refractivity contribution is 6.29. The highest BCUT2D eigenvalue weighted by Crippen LogP contribution is 2.44. The number of halogens is 1. The maximum absolute atomic E-state index is 6.35. The summed E-state index contributed by atoms with van der Waals surface area (Å²) in [6, 6.07) is 7.94. The normalized spacial score (nSPS) is 17.9. The van der Waals surface area contributed by atoms with Gasteiger partial charge in [-0.15, -0.1) is 0 Å². The average Bonchev–Trinajstić information content (AvgIpc) is 3.39. The molecule has 1 atom stereocenters. The van der Waals surface area contributed by atoms with Crippen molar-refractivity contribution < 1.29 is 9.26 Å². The van der Waals surface area contributed by atoms with Gasteiger partial charge in [0.25, 0.3) is 11.8 Å². The molecule has 10 heteroatoms. The summed E-state index contributed by atoms with van der Waals surface area (Å²) in [6.45, 7) is 3.72. The van der Waals surface area contributed by atoms with Crippen LogP contribution in [0.4, 0.5) is 11.8 Å². The van der Waals surface area contributed by atoms with Crippen molar-refractivity contribution in [3.8, 4) is 5.69 Å². The second kappa shape index (κ2) is 5.54. The number of para-hydroxylation sites is 1. The minimum absolute atomic E-state index is 0.265. The first-order valence-corrected chi connectivity index (χ1v) is 8.72. The van der Waals surface area contributed by atoms with Gasteiger partial charge in [0.1, 0.15) is 11.9 Å². The topological polar surface area (TPSA) is 84.8 Å². The molecule has 0 saturated carbocycles. The Hall–Kier alpha value is -2.91. The minimum Gasteiger partial charge on any atom is -0.369 e. The van der Waals surface area contributed by atoms with Gasteiger partial charge in [-0.1, -0.05) is 18.2 Å². The largest absolute Gasteiger partial charge is 0.369 e. The molecular formula is C17H16ClN7O2. The van der Waals surface area contributed by atoms with Crippen LogP contribution in [0.1, 0.15) is 31.5 Å². The SMILES string of the molecule is COC(C)(C)c1nc(N2C=NC3c4ccccc4-n4c(cnc4Cl)N32)no1. The lowest BCUT2D eigenvalue weighted by Crippen LogP contribution is -2.43. The molecule has 1 unspecified atom stereocenters. The second-order valence-corrected chi connectivity index (χ2v) is 7.06. The molecule has 0 spiro atoms. The zero-order chi connectivity index (χ0) is 18.8. The molecule has 4 heterocycles. The molecule has 0 bridgehead atoms. The monoisotopic (exact) mass is 385 g/mol. The molecule has 1 aromatic carbocycles. The Kier molecular flexibility index (Phi) is 3.34. The molecule has 9 nitrogen and oxygen atoms in total. The highest BCUT2D eigenvalue weighted by Gasteiger charge is 2.41. The van der Waals surface area contributed by atoms with Crippen LogP contribution in [0.5, 0.6) is 0 Å². The van der Waals surface area contributed by atoms with Gasteiger partial charge in [0, 0.05) is 12.7 Å². The maximum Gasteiger partial charge on any atom is 0.290 e. The molecule has 2 aliphatic heterocycles. The van der Waals surface area contributed by atoms with Gasteiger partial charge in [0.15, 0.2) is 12.0 Å². The zero-order valence-electron chi connectivity index (χ0n) is 14.9. The average molecular weight is 386 g/mol. The molecule has 0 amide bonds. The maximum atomic E-state index is 6.35. The number of hydrazine groups is 1. The number of aliphatic imine (C=N–C) groups is 1. The lowest BCUT2D eigenvalue weighted by atomic mass is 10.1. The van der Waals surface area contributed by atoms with Crippen LogP contribution >= 0.6 is 11.6 Å². The summed E-state index contributed by atoms with van der Waals surface area (Å²) >= 11 is 6.35. The number of methoxy groups -OCH3 is 1. The standard InChI is InChI=1S/C17H16ClN7O2/c1-17(2,26-3)14-21-16(22-27-14)23-9-20-13-10-6-4-5-7-11(10)24-12(25(13)23)8-19-15(24)18/h4-9,13H,1-3H3. The molecule has 5 rings (SSSR count). The van der Waals surface area contributed by atoms with E-state index in [-0.39, 0.29) is 6.17 Å². The third-order valence-corrected chi connectivity index (χ3v) is 5.08. The molecule has 0 saturated heterocycles. The first-order valence-electron chi connectivity index (χ1n) is 8.35. The molecule has 0 aliphatic carbocycles. The summed E-state index contributed by atoms with van der Waals surface area (Å²) in [4.78, 5) is 13.4. The lowest BCUT2D eigenvalue weighted by Gasteiger charge is -2.36. The van der Waals surface area contributed by atoms with E-state index >= 15 is 0 Å². The number of rotatable bonds is 3. The summed E-state index contributed by atoms with van der Waals surface area (Å²) in [7, 11) is 1.60. The number of fused-ring (bicyclic) bond motifs is 6. The lowest BCUT2D eigenvalue weighted by molar-refractivity contribution is -0.00786. The Morgan fingerprint density at radius 1 is 1.26 bits per heavy atom. The predicted octanol–water partition coefficient (Wildman–Crippen LogP) is 3.07. The third kappa shape index (κ3) is 2.22. The van der Waals surface area contributed by atoms with Crippen LogP contribution < -0.4 is 10.0 Å². The van der Waals surface area contributed by atoms with Gasteiger partial charge < -0.3 is 9.26 Å². The fourth-order valence-electron chi connectivity index (χ4n) is 3.21. The summed E-state index contributed by atoms with van der Waals surface area (Å²) in [5, 5.41) is 8.13. The molecule has 2 aromatic heterocycles.